The van der Waals surface area contributed by atoms with Crippen LogP contribution in [0.3, 0.4) is 0 Å². The average Bonchev–Trinajstić information content (AvgIpc) is 2.43. The summed E-state index contributed by atoms with van der Waals surface area (Å²) in [6, 6.07) is 4.44. The first-order chi connectivity index (χ1) is 9.19. The molecule has 1 aromatic rings. The summed E-state index contributed by atoms with van der Waals surface area (Å²) in [4.78, 5) is 0. The van der Waals surface area contributed by atoms with Gasteiger partial charge in [-0.2, -0.15) is 0 Å². The van der Waals surface area contributed by atoms with Crippen LogP contribution < -0.4 is 5.73 Å². The second kappa shape index (κ2) is 8.48. The Labute approximate surface area is 113 Å². The lowest BCUT2D eigenvalue weighted by Crippen LogP contribution is -2.13. The van der Waals surface area contributed by atoms with Gasteiger partial charge in [0, 0.05) is 17.7 Å². The van der Waals surface area contributed by atoms with Crippen molar-refractivity contribution in [3.63, 3.8) is 0 Å². The lowest BCUT2D eigenvalue weighted by Gasteiger charge is -2.07. The first-order valence-corrected chi connectivity index (χ1v) is 6.53. The van der Waals surface area contributed by atoms with Gasteiger partial charge in [0.05, 0.1) is 6.61 Å². The molecule has 0 radical (unpaired) electrons. The third-order valence-electron chi connectivity index (χ3n) is 2.86. The first-order valence-electron chi connectivity index (χ1n) is 6.53. The molecule has 0 aliphatic heterocycles. The highest BCUT2D eigenvalue weighted by molar-refractivity contribution is 5.97. The van der Waals surface area contributed by atoms with E-state index >= 15 is 0 Å². The van der Waals surface area contributed by atoms with Crippen LogP contribution >= 0.6 is 0 Å². The van der Waals surface area contributed by atoms with Gasteiger partial charge in [-0.25, -0.2) is 4.39 Å². The van der Waals surface area contributed by atoms with Crippen molar-refractivity contribution in [3.05, 3.63) is 35.1 Å². The third-order valence-corrected chi connectivity index (χ3v) is 2.86. The fourth-order valence-electron chi connectivity index (χ4n) is 1.69. The lowest BCUT2D eigenvalue weighted by molar-refractivity contribution is 0.114. The summed E-state index contributed by atoms with van der Waals surface area (Å²) in [5.74, 6) is -0.511. The molecule has 0 saturated heterocycles. The number of rotatable bonds is 8. The minimum Gasteiger partial charge on any atom is -0.409 e. The normalized spacial score (nSPS) is 11.8. The van der Waals surface area contributed by atoms with Crippen LogP contribution in [0, 0.1) is 5.82 Å². The standard InChI is InChI=1S/C14H21FN2O2/c1-2-3-4-5-8-19-10-12-7-6-11(9-13(12)15)14(16)17-18/h6-7,9,18H,2-5,8,10H2,1H3,(H2,16,17). The topological polar surface area (TPSA) is 67.8 Å². The molecule has 0 aromatic heterocycles. The Bertz CT molecular complexity index is 422. The highest BCUT2D eigenvalue weighted by Gasteiger charge is 2.06. The van der Waals surface area contributed by atoms with Gasteiger partial charge in [0.1, 0.15) is 5.82 Å². The van der Waals surface area contributed by atoms with Gasteiger partial charge in [-0.1, -0.05) is 43.5 Å². The summed E-state index contributed by atoms with van der Waals surface area (Å²) in [6.45, 7) is 3.04. The van der Waals surface area contributed by atoms with Gasteiger partial charge < -0.3 is 15.7 Å². The molecule has 0 bridgehead atoms. The monoisotopic (exact) mass is 268 g/mol. The summed E-state index contributed by atoms with van der Waals surface area (Å²) in [5, 5.41) is 11.3. The molecule has 106 valence electrons. The molecule has 0 unspecified atom stereocenters. The van der Waals surface area contributed by atoms with Crippen molar-refractivity contribution in [2.24, 2.45) is 10.9 Å². The maximum absolute atomic E-state index is 13.7. The molecular weight excluding hydrogens is 247 g/mol. The van der Waals surface area contributed by atoms with Gasteiger partial charge in [0.2, 0.25) is 0 Å². The Morgan fingerprint density at radius 3 is 2.79 bits per heavy atom. The molecule has 0 amide bonds. The molecular formula is C14H21FN2O2. The summed E-state index contributed by atoms with van der Waals surface area (Å²) in [7, 11) is 0. The van der Waals surface area contributed by atoms with Gasteiger partial charge >= 0.3 is 0 Å². The van der Waals surface area contributed by atoms with Crippen molar-refractivity contribution >= 4 is 5.84 Å². The number of oxime groups is 1. The predicted octanol–water partition coefficient (Wildman–Crippen LogP) is 3.02. The molecule has 0 aliphatic carbocycles. The van der Waals surface area contributed by atoms with E-state index in [1.54, 1.807) is 12.1 Å². The molecule has 0 aliphatic rings. The Morgan fingerprint density at radius 1 is 1.37 bits per heavy atom. The van der Waals surface area contributed by atoms with Crippen LogP contribution in [0.25, 0.3) is 0 Å². The summed E-state index contributed by atoms with van der Waals surface area (Å²) < 4.78 is 19.1. The van der Waals surface area contributed by atoms with Crippen LogP contribution in [0.2, 0.25) is 0 Å². The molecule has 0 saturated carbocycles. The molecule has 0 fully saturated rings. The van der Waals surface area contributed by atoms with Crippen molar-refractivity contribution < 1.29 is 14.3 Å². The van der Waals surface area contributed by atoms with E-state index < -0.39 is 5.82 Å². The molecule has 19 heavy (non-hydrogen) atoms. The number of nitrogens with two attached hydrogens (primary N) is 1. The number of nitrogens with zero attached hydrogens (tertiary/aromatic N) is 1. The summed E-state index contributed by atoms with van der Waals surface area (Å²) in [5.41, 5.74) is 6.21. The minimum absolute atomic E-state index is 0.106. The number of ether oxygens (including phenoxy) is 1. The molecule has 0 heterocycles. The quantitative estimate of drug-likeness (QED) is 0.250. The highest BCUT2D eigenvalue weighted by Crippen LogP contribution is 2.12. The molecule has 1 rings (SSSR count). The van der Waals surface area contributed by atoms with E-state index in [1.807, 2.05) is 0 Å². The SMILES string of the molecule is CCCCCCOCc1ccc(/C(N)=N/O)cc1F. The van der Waals surface area contributed by atoms with E-state index in [2.05, 4.69) is 12.1 Å². The molecule has 3 N–H and O–H groups in total. The van der Waals surface area contributed by atoms with Crippen LogP contribution in [0.15, 0.2) is 23.4 Å². The third kappa shape index (κ3) is 5.26. The van der Waals surface area contributed by atoms with Gasteiger partial charge in [0.25, 0.3) is 0 Å². The number of amidine groups is 1. The van der Waals surface area contributed by atoms with E-state index in [-0.39, 0.29) is 12.4 Å². The fourth-order valence-corrected chi connectivity index (χ4v) is 1.69. The number of benzene rings is 1. The molecule has 0 atom stereocenters. The van der Waals surface area contributed by atoms with Crippen LogP contribution in [0.5, 0.6) is 0 Å². The molecule has 4 nitrogen and oxygen atoms in total. The molecule has 5 heteroatoms. The number of hydrogen-bond acceptors (Lipinski definition) is 3. The predicted molar refractivity (Wildman–Crippen MR) is 72.7 cm³/mol. The Balaban J connectivity index is 2.43. The fraction of sp³-hybridized carbons (Fsp3) is 0.500. The summed E-state index contributed by atoms with van der Waals surface area (Å²) in [6.07, 6.45) is 4.52. The molecule has 1 aromatic carbocycles. The Kier molecular flexibility index (Phi) is 6.89. The summed E-state index contributed by atoms with van der Waals surface area (Å²) >= 11 is 0. The maximum atomic E-state index is 13.7. The zero-order valence-electron chi connectivity index (χ0n) is 11.2. The average molecular weight is 268 g/mol. The second-order valence-electron chi connectivity index (χ2n) is 4.40. The molecule has 0 spiro atoms. The van der Waals surface area contributed by atoms with E-state index in [1.165, 1.54) is 18.9 Å². The highest BCUT2D eigenvalue weighted by atomic mass is 19.1. The maximum Gasteiger partial charge on any atom is 0.170 e. The van der Waals surface area contributed by atoms with E-state index in [0.29, 0.717) is 17.7 Å². The van der Waals surface area contributed by atoms with E-state index in [9.17, 15) is 4.39 Å². The Hall–Kier alpha value is -1.62. The van der Waals surface area contributed by atoms with Crippen LogP contribution in [0.4, 0.5) is 4.39 Å². The van der Waals surface area contributed by atoms with Crippen molar-refractivity contribution in [1.29, 1.82) is 0 Å². The van der Waals surface area contributed by atoms with E-state index in [4.69, 9.17) is 15.7 Å². The van der Waals surface area contributed by atoms with Crippen molar-refractivity contribution in [3.8, 4) is 0 Å². The number of hydrogen-bond donors (Lipinski definition) is 2. The van der Waals surface area contributed by atoms with Crippen LogP contribution in [0.1, 0.15) is 43.7 Å². The van der Waals surface area contributed by atoms with Gasteiger partial charge in [-0.3, -0.25) is 0 Å². The van der Waals surface area contributed by atoms with Gasteiger partial charge in [-0.05, 0) is 12.5 Å². The Morgan fingerprint density at radius 2 is 2.16 bits per heavy atom. The zero-order valence-corrected chi connectivity index (χ0v) is 11.2. The van der Waals surface area contributed by atoms with Gasteiger partial charge in [0.15, 0.2) is 5.84 Å². The minimum atomic E-state index is -0.405. The van der Waals surface area contributed by atoms with Gasteiger partial charge in [-0.15, -0.1) is 0 Å². The smallest absolute Gasteiger partial charge is 0.170 e. The number of halogens is 1. The van der Waals surface area contributed by atoms with Crippen molar-refractivity contribution in [1.82, 2.24) is 0 Å². The second-order valence-corrected chi connectivity index (χ2v) is 4.40. The zero-order chi connectivity index (χ0) is 14.1. The van der Waals surface area contributed by atoms with E-state index in [0.717, 1.165) is 12.8 Å². The van der Waals surface area contributed by atoms with Crippen LogP contribution in [-0.4, -0.2) is 17.6 Å². The van der Waals surface area contributed by atoms with Crippen LogP contribution in [-0.2, 0) is 11.3 Å². The largest absolute Gasteiger partial charge is 0.409 e. The number of unbranched alkanes of at least 4 members (excludes halogenated alkanes) is 3. The van der Waals surface area contributed by atoms with Crippen molar-refractivity contribution in [2.45, 2.75) is 39.2 Å². The first kappa shape index (κ1) is 15.4. The van der Waals surface area contributed by atoms with Crippen molar-refractivity contribution in [2.75, 3.05) is 6.61 Å². The lowest BCUT2D eigenvalue weighted by atomic mass is 10.1.